The molecular weight excluding hydrogens is 458 g/mol. The van der Waals surface area contributed by atoms with Gasteiger partial charge in [0.1, 0.15) is 16.8 Å². The van der Waals surface area contributed by atoms with E-state index < -0.39 is 45.3 Å². The predicted molar refractivity (Wildman–Crippen MR) is 109 cm³/mol. The smallest absolute Gasteiger partial charge is 0.324 e. The number of anilines is 1. The monoisotopic (exact) mass is 474 g/mol. The Balaban J connectivity index is 1.64. The molecule has 0 bridgehead atoms. The van der Waals surface area contributed by atoms with Crippen LogP contribution in [-0.4, -0.2) is 43.8 Å². The van der Waals surface area contributed by atoms with Crippen molar-refractivity contribution in [3.8, 4) is 0 Å². The third kappa shape index (κ3) is 5.10. The molecule has 1 atom stereocenters. The topological polar surface area (TPSA) is 92.8 Å². The number of sulfonamides is 1. The van der Waals surface area contributed by atoms with Crippen molar-refractivity contribution in [3.05, 3.63) is 58.3 Å². The van der Waals surface area contributed by atoms with Crippen LogP contribution in [0.25, 0.3) is 0 Å². The number of nitrogens with zero attached hydrogens (tertiary/aromatic N) is 1. The van der Waals surface area contributed by atoms with Gasteiger partial charge in [-0.25, -0.2) is 12.8 Å². The Hall–Kier alpha value is -2.20. The highest BCUT2D eigenvalue weighted by molar-refractivity contribution is 7.89. The zero-order valence-electron chi connectivity index (χ0n) is 15.5. The maximum atomic E-state index is 14.0. The number of hydrogen-bond acceptors (Lipinski definition) is 5. The van der Waals surface area contributed by atoms with E-state index in [4.69, 9.17) is 27.9 Å². The molecule has 1 fully saturated rings. The molecule has 2 aromatic rings. The number of benzene rings is 2. The molecule has 7 nitrogen and oxygen atoms in total. The van der Waals surface area contributed by atoms with Crippen molar-refractivity contribution in [1.82, 2.24) is 4.31 Å². The van der Waals surface area contributed by atoms with Gasteiger partial charge in [-0.2, -0.15) is 4.31 Å². The van der Waals surface area contributed by atoms with Gasteiger partial charge >= 0.3 is 5.97 Å². The third-order valence-corrected chi connectivity index (χ3v) is 6.77. The third-order valence-electron chi connectivity index (χ3n) is 4.39. The summed E-state index contributed by atoms with van der Waals surface area (Å²) in [6.07, 6.45) is 0.610. The molecule has 3 rings (SSSR count). The van der Waals surface area contributed by atoms with Crippen LogP contribution in [0.1, 0.15) is 12.8 Å². The van der Waals surface area contributed by atoms with Crippen LogP contribution < -0.4 is 5.32 Å². The van der Waals surface area contributed by atoms with Crippen LogP contribution in [0.5, 0.6) is 0 Å². The van der Waals surface area contributed by atoms with Crippen molar-refractivity contribution in [2.45, 2.75) is 23.8 Å². The summed E-state index contributed by atoms with van der Waals surface area (Å²) in [6.45, 7) is -0.587. The molecule has 1 saturated heterocycles. The first-order valence-corrected chi connectivity index (χ1v) is 11.1. The highest BCUT2D eigenvalue weighted by atomic mass is 35.5. The molecule has 0 aliphatic carbocycles. The molecule has 2 aromatic carbocycles. The first-order chi connectivity index (χ1) is 14.2. The fourth-order valence-electron chi connectivity index (χ4n) is 3.10. The number of nitrogens with one attached hydrogen (secondary N) is 1. The van der Waals surface area contributed by atoms with Gasteiger partial charge in [0.25, 0.3) is 5.91 Å². The number of rotatable bonds is 6. The van der Waals surface area contributed by atoms with E-state index in [9.17, 15) is 22.4 Å². The van der Waals surface area contributed by atoms with Crippen LogP contribution in [0.15, 0.2) is 47.4 Å². The zero-order valence-corrected chi connectivity index (χ0v) is 17.8. The summed E-state index contributed by atoms with van der Waals surface area (Å²) in [7, 11) is -4.23. The van der Waals surface area contributed by atoms with Gasteiger partial charge in [-0.05, 0) is 43.2 Å². The highest BCUT2D eigenvalue weighted by Crippen LogP contribution is 2.28. The molecule has 160 valence electrons. The lowest BCUT2D eigenvalue weighted by molar-refractivity contribution is -0.150. The SMILES string of the molecule is O=C(COC(=O)C1CCCN1S(=O)(=O)c1ccccc1F)Nc1cc(Cl)cc(Cl)c1. The molecule has 1 amide bonds. The standard InChI is InChI=1S/C19H17Cl2FN2O5S/c20-12-8-13(21)10-14(9-12)23-18(25)11-29-19(26)16-5-3-7-24(16)30(27,28)17-6-2-1-4-15(17)22/h1-2,4,6,8-10,16H,3,5,7,11H2,(H,23,25). The largest absolute Gasteiger partial charge is 0.454 e. The van der Waals surface area contributed by atoms with Gasteiger partial charge in [-0.15, -0.1) is 0 Å². The molecule has 1 heterocycles. The second-order valence-electron chi connectivity index (χ2n) is 6.52. The lowest BCUT2D eigenvalue weighted by Gasteiger charge is -2.22. The summed E-state index contributed by atoms with van der Waals surface area (Å²) in [4.78, 5) is 24.0. The van der Waals surface area contributed by atoms with E-state index in [1.165, 1.54) is 30.3 Å². The molecule has 30 heavy (non-hydrogen) atoms. The lowest BCUT2D eigenvalue weighted by atomic mass is 10.2. The van der Waals surface area contributed by atoms with Gasteiger partial charge in [0.15, 0.2) is 6.61 Å². The quantitative estimate of drug-likeness (QED) is 0.646. The minimum absolute atomic E-state index is 0.0453. The summed E-state index contributed by atoms with van der Waals surface area (Å²) in [5.41, 5.74) is 0.318. The van der Waals surface area contributed by atoms with Crippen molar-refractivity contribution < 1.29 is 27.1 Å². The summed E-state index contributed by atoms with van der Waals surface area (Å²) in [6, 6.07) is 8.21. The normalized spacial score (nSPS) is 17.0. The first kappa shape index (κ1) is 22.5. The average Bonchev–Trinajstić information content (AvgIpc) is 3.16. The predicted octanol–water partition coefficient (Wildman–Crippen LogP) is 3.47. The molecular formula is C19H17Cl2FN2O5S. The molecule has 0 saturated carbocycles. The molecule has 1 N–H and O–H groups in total. The van der Waals surface area contributed by atoms with Gasteiger partial charge in [0, 0.05) is 22.3 Å². The number of hydrogen-bond donors (Lipinski definition) is 1. The van der Waals surface area contributed by atoms with Gasteiger partial charge in [-0.3, -0.25) is 9.59 Å². The number of amides is 1. The summed E-state index contributed by atoms with van der Waals surface area (Å²) in [5, 5.41) is 3.11. The van der Waals surface area contributed by atoms with Gasteiger partial charge in [0.05, 0.1) is 0 Å². The Labute approximate surface area is 182 Å². The van der Waals surface area contributed by atoms with Crippen molar-refractivity contribution in [1.29, 1.82) is 0 Å². The maximum absolute atomic E-state index is 14.0. The number of ether oxygens (including phenoxy) is 1. The Bertz CT molecular complexity index is 1060. The van der Waals surface area contributed by atoms with Crippen LogP contribution in [0, 0.1) is 5.82 Å². The molecule has 1 aliphatic heterocycles. The number of carbonyl (C=O) groups excluding carboxylic acids is 2. The van der Waals surface area contributed by atoms with Crippen molar-refractivity contribution in [2.75, 3.05) is 18.5 Å². The van der Waals surface area contributed by atoms with Gasteiger partial charge in [0.2, 0.25) is 10.0 Å². The first-order valence-electron chi connectivity index (χ1n) is 8.87. The van der Waals surface area contributed by atoms with Crippen molar-refractivity contribution in [2.24, 2.45) is 0 Å². The fourth-order valence-corrected chi connectivity index (χ4v) is 5.34. The molecule has 1 unspecified atom stereocenters. The van der Waals surface area contributed by atoms with E-state index in [0.29, 0.717) is 22.2 Å². The van der Waals surface area contributed by atoms with Crippen LogP contribution in [0.2, 0.25) is 10.0 Å². The van der Waals surface area contributed by atoms with Crippen LogP contribution >= 0.6 is 23.2 Å². The van der Waals surface area contributed by atoms with Gasteiger partial charge < -0.3 is 10.1 Å². The van der Waals surface area contributed by atoms with E-state index in [2.05, 4.69) is 5.32 Å². The van der Waals surface area contributed by atoms with E-state index >= 15 is 0 Å². The van der Waals surface area contributed by atoms with Crippen LogP contribution in [-0.2, 0) is 24.3 Å². The minimum Gasteiger partial charge on any atom is -0.454 e. The van der Waals surface area contributed by atoms with E-state index in [-0.39, 0.29) is 13.0 Å². The Morgan fingerprint density at radius 2 is 1.83 bits per heavy atom. The second-order valence-corrected chi connectivity index (χ2v) is 9.25. The fraction of sp³-hybridized carbons (Fsp3) is 0.263. The van der Waals surface area contributed by atoms with E-state index in [1.807, 2.05) is 0 Å². The van der Waals surface area contributed by atoms with E-state index in [1.54, 1.807) is 0 Å². The second kappa shape index (κ2) is 9.30. The number of carbonyl (C=O) groups is 2. The lowest BCUT2D eigenvalue weighted by Crippen LogP contribution is -2.42. The highest BCUT2D eigenvalue weighted by Gasteiger charge is 2.41. The zero-order chi connectivity index (χ0) is 21.9. The summed E-state index contributed by atoms with van der Waals surface area (Å²) >= 11 is 11.7. The number of halogens is 3. The minimum atomic E-state index is -4.23. The Kier molecular flexibility index (Phi) is 6.97. The maximum Gasteiger partial charge on any atom is 0.324 e. The molecule has 1 aliphatic rings. The number of esters is 1. The van der Waals surface area contributed by atoms with Crippen LogP contribution in [0.3, 0.4) is 0 Å². The average molecular weight is 475 g/mol. The van der Waals surface area contributed by atoms with Gasteiger partial charge in [-0.1, -0.05) is 35.3 Å². The van der Waals surface area contributed by atoms with Crippen LogP contribution in [0.4, 0.5) is 10.1 Å². The molecule has 11 heteroatoms. The Morgan fingerprint density at radius 3 is 2.50 bits per heavy atom. The van der Waals surface area contributed by atoms with Crippen molar-refractivity contribution in [3.63, 3.8) is 0 Å². The summed E-state index contributed by atoms with van der Waals surface area (Å²) < 4.78 is 45.5. The molecule has 0 aromatic heterocycles. The summed E-state index contributed by atoms with van der Waals surface area (Å²) in [5.74, 6) is -2.44. The Morgan fingerprint density at radius 1 is 1.17 bits per heavy atom. The van der Waals surface area contributed by atoms with E-state index in [0.717, 1.165) is 16.4 Å². The molecule has 0 radical (unpaired) electrons. The molecule has 0 spiro atoms. The van der Waals surface area contributed by atoms with Crippen molar-refractivity contribution >= 4 is 50.8 Å².